The number of benzene rings is 1. The van der Waals surface area contributed by atoms with Gasteiger partial charge < -0.3 is 9.94 Å². The van der Waals surface area contributed by atoms with Crippen LogP contribution in [0.4, 0.5) is 0 Å². The maximum atomic E-state index is 9.70. The SMILES string of the molecule is CCc1c(Br)c(Oc2ccc(Cl)cc2Cl)nc(=N)n1O. The molecule has 0 fully saturated rings. The van der Waals surface area contributed by atoms with Gasteiger partial charge in [0.1, 0.15) is 10.2 Å². The third-order valence-corrected chi connectivity index (χ3v) is 3.87. The van der Waals surface area contributed by atoms with Crippen molar-refractivity contribution in [1.29, 1.82) is 5.41 Å². The molecule has 106 valence electrons. The van der Waals surface area contributed by atoms with Crippen LogP contribution < -0.4 is 10.4 Å². The highest BCUT2D eigenvalue weighted by atomic mass is 79.9. The molecule has 1 heterocycles. The zero-order valence-corrected chi connectivity index (χ0v) is 13.4. The minimum atomic E-state index is -0.329. The fourth-order valence-corrected chi connectivity index (χ4v) is 2.64. The first-order valence-corrected chi connectivity index (χ1v) is 7.17. The molecular weight excluding hydrogens is 369 g/mol. The molecule has 0 spiro atoms. The number of aromatic nitrogens is 2. The second-order valence-electron chi connectivity index (χ2n) is 3.84. The molecule has 2 rings (SSSR count). The summed E-state index contributed by atoms with van der Waals surface area (Å²) in [5.74, 6) is 0.516. The van der Waals surface area contributed by atoms with E-state index >= 15 is 0 Å². The quantitative estimate of drug-likeness (QED) is 0.792. The smallest absolute Gasteiger partial charge is 0.259 e. The van der Waals surface area contributed by atoms with Crippen LogP contribution in [0.25, 0.3) is 0 Å². The van der Waals surface area contributed by atoms with Crippen molar-refractivity contribution in [3.8, 4) is 11.6 Å². The second kappa shape index (κ2) is 6.03. The van der Waals surface area contributed by atoms with Crippen molar-refractivity contribution in [3.05, 3.63) is 44.0 Å². The van der Waals surface area contributed by atoms with E-state index < -0.39 is 0 Å². The molecule has 5 nitrogen and oxygen atoms in total. The van der Waals surface area contributed by atoms with Crippen molar-refractivity contribution in [2.45, 2.75) is 13.3 Å². The Labute approximate surface area is 133 Å². The normalized spacial score (nSPS) is 10.6. The van der Waals surface area contributed by atoms with E-state index in [2.05, 4.69) is 20.9 Å². The van der Waals surface area contributed by atoms with E-state index in [-0.39, 0.29) is 11.5 Å². The van der Waals surface area contributed by atoms with Crippen LogP contribution >= 0.6 is 39.1 Å². The first-order chi connectivity index (χ1) is 9.43. The van der Waals surface area contributed by atoms with E-state index in [1.54, 1.807) is 18.2 Å². The molecule has 2 N–H and O–H groups in total. The van der Waals surface area contributed by atoms with Gasteiger partial charge in [0.2, 0.25) is 5.88 Å². The molecular formula is C12H10BrCl2N3O2. The van der Waals surface area contributed by atoms with Crippen molar-refractivity contribution >= 4 is 39.1 Å². The van der Waals surface area contributed by atoms with E-state index in [0.29, 0.717) is 37.1 Å². The Bertz CT molecular complexity index is 719. The Morgan fingerprint density at radius 3 is 2.75 bits per heavy atom. The maximum absolute atomic E-state index is 9.70. The van der Waals surface area contributed by atoms with Gasteiger partial charge in [-0.05, 0) is 40.5 Å². The largest absolute Gasteiger partial charge is 0.436 e. The van der Waals surface area contributed by atoms with Crippen molar-refractivity contribution < 1.29 is 9.94 Å². The minimum Gasteiger partial charge on any atom is -0.436 e. The first kappa shape index (κ1) is 15.2. The molecule has 20 heavy (non-hydrogen) atoms. The summed E-state index contributed by atoms with van der Waals surface area (Å²) in [6.45, 7) is 1.84. The summed E-state index contributed by atoms with van der Waals surface area (Å²) in [5.41, 5.74) is 0.148. The van der Waals surface area contributed by atoms with Gasteiger partial charge in [0.25, 0.3) is 5.62 Å². The molecule has 0 aliphatic rings. The van der Waals surface area contributed by atoms with Gasteiger partial charge in [0.15, 0.2) is 0 Å². The van der Waals surface area contributed by atoms with Crippen LogP contribution in [0.15, 0.2) is 22.7 Å². The molecule has 0 unspecified atom stereocenters. The van der Waals surface area contributed by atoms with Gasteiger partial charge in [0, 0.05) is 5.02 Å². The number of nitrogens with one attached hydrogen (secondary N) is 1. The lowest BCUT2D eigenvalue weighted by Crippen LogP contribution is -2.25. The van der Waals surface area contributed by atoms with E-state index in [1.165, 1.54) is 0 Å². The molecule has 0 saturated carbocycles. The molecule has 0 saturated heterocycles. The van der Waals surface area contributed by atoms with Gasteiger partial charge >= 0.3 is 0 Å². The highest BCUT2D eigenvalue weighted by Crippen LogP contribution is 2.34. The fourth-order valence-electron chi connectivity index (χ4n) is 1.57. The van der Waals surface area contributed by atoms with Gasteiger partial charge in [-0.15, -0.1) is 0 Å². The van der Waals surface area contributed by atoms with Crippen molar-refractivity contribution in [1.82, 2.24) is 9.71 Å². The Balaban J connectivity index is 2.49. The zero-order chi connectivity index (χ0) is 14.9. The number of hydrogen-bond acceptors (Lipinski definition) is 4. The summed E-state index contributed by atoms with van der Waals surface area (Å²) >= 11 is 15.1. The van der Waals surface area contributed by atoms with Gasteiger partial charge in [-0.3, -0.25) is 5.41 Å². The number of hydrogen-bond donors (Lipinski definition) is 2. The van der Waals surface area contributed by atoms with Crippen molar-refractivity contribution in [2.75, 3.05) is 0 Å². The summed E-state index contributed by atoms with van der Waals surface area (Å²) in [6.07, 6.45) is 0.496. The Morgan fingerprint density at radius 1 is 1.45 bits per heavy atom. The molecule has 0 aliphatic heterocycles. The molecule has 2 aromatic rings. The molecule has 0 bridgehead atoms. The van der Waals surface area contributed by atoms with E-state index in [1.807, 2.05) is 6.92 Å². The van der Waals surface area contributed by atoms with Crippen LogP contribution in [-0.4, -0.2) is 14.9 Å². The van der Waals surface area contributed by atoms with Crippen LogP contribution in [-0.2, 0) is 6.42 Å². The fraction of sp³-hybridized carbons (Fsp3) is 0.167. The average Bonchev–Trinajstić information content (AvgIpc) is 2.39. The van der Waals surface area contributed by atoms with Gasteiger partial charge in [0.05, 0.1) is 10.7 Å². The topological polar surface area (TPSA) is 71.1 Å². The van der Waals surface area contributed by atoms with Gasteiger partial charge in [-0.25, -0.2) is 0 Å². The molecule has 0 aliphatic carbocycles. The molecule has 0 radical (unpaired) electrons. The predicted molar refractivity (Wildman–Crippen MR) is 78.9 cm³/mol. The maximum Gasteiger partial charge on any atom is 0.259 e. The molecule has 1 aromatic heterocycles. The number of halogens is 3. The van der Waals surface area contributed by atoms with Crippen LogP contribution in [0.3, 0.4) is 0 Å². The number of rotatable bonds is 3. The summed E-state index contributed by atoms with van der Waals surface area (Å²) in [7, 11) is 0. The number of nitrogens with zero attached hydrogens (tertiary/aromatic N) is 2. The predicted octanol–water partition coefficient (Wildman–Crippen LogP) is 4.02. The van der Waals surface area contributed by atoms with Gasteiger partial charge in [-0.1, -0.05) is 30.1 Å². The molecule has 0 atom stereocenters. The Hall–Kier alpha value is -1.24. The lowest BCUT2D eigenvalue weighted by molar-refractivity contribution is 0.153. The summed E-state index contributed by atoms with van der Waals surface area (Å²) in [4.78, 5) is 3.86. The number of ether oxygens (including phenoxy) is 1. The lowest BCUT2D eigenvalue weighted by atomic mass is 10.3. The van der Waals surface area contributed by atoms with Crippen LogP contribution in [0, 0.1) is 5.41 Å². The van der Waals surface area contributed by atoms with E-state index in [0.717, 1.165) is 0 Å². The first-order valence-electron chi connectivity index (χ1n) is 5.62. The minimum absolute atomic E-state index is 0.154. The van der Waals surface area contributed by atoms with Gasteiger partial charge in [-0.2, -0.15) is 9.71 Å². The zero-order valence-electron chi connectivity index (χ0n) is 10.3. The summed E-state index contributed by atoms with van der Waals surface area (Å²) < 4.78 is 6.74. The van der Waals surface area contributed by atoms with E-state index in [9.17, 15) is 5.21 Å². The summed E-state index contributed by atoms with van der Waals surface area (Å²) in [6, 6.07) is 4.78. The van der Waals surface area contributed by atoms with E-state index in [4.69, 9.17) is 33.3 Å². The monoisotopic (exact) mass is 377 g/mol. The highest BCUT2D eigenvalue weighted by Gasteiger charge is 2.15. The standard InChI is InChI=1S/C12H10BrCl2N3O2/c1-2-8-10(13)11(17-12(16)18(8)19)20-9-4-3-6(14)5-7(9)15/h3-5,16,19H,2H2,1H3. The second-order valence-corrected chi connectivity index (χ2v) is 5.48. The summed E-state index contributed by atoms with van der Waals surface area (Å²) in [5, 5.41) is 18.1. The molecule has 1 aromatic carbocycles. The molecule has 0 amide bonds. The Morgan fingerprint density at radius 2 is 2.15 bits per heavy atom. The molecule has 8 heteroatoms. The third kappa shape index (κ3) is 2.92. The highest BCUT2D eigenvalue weighted by molar-refractivity contribution is 9.10. The lowest BCUT2D eigenvalue weighted by Gasteiger charge is -2.12. The average molecular weight is 379 g/mol. The van der Waals surface area contributed by atoms with Crippen LogP contribution in [0.5, 0.6) is 11.6 Å². The Kier molecular flexibility index (Phi) is 4.57. The van der Waals surface area contributed by atoms with Crippen molar-refractivity contribution in [2.24, 2.45) is 0 Å². The van der Waals surface area contributed by atoms with Crippen molar-refractivity contribution in [3.63, 3.8) is 0 Å². The van der Waals surface area contributed by atoms with Crippen LogP contribution in [0.2, 0.25) is 10.0 Å². The van der Waals surface area contributed by atoms with Crippen LogP contribution in [0.1, 0.15) is 12.6 Å². The third-order valence-electron chi connectivity index (χ3n) is 2.54.